The van der Waals surface area contributed by atoms with E-state index in [1.807, 2.05) is 26.0 Å². The minimum absolute atomic E-state index is 0.0962. The number of aryl methyl sites for hydroxylation is 2. The van der Waals surface area contributed by atoms with Crippen LogP contribution in [-0.2, 0) is 25.5 Å². The van der Waals surface area contributed by atoms with E-state index in [0.717, 1.165) is 16.5 Å². The molecule has 0 fully saturated rings. The van der Waals surface area contributed by atoms with Crippen LogP contribution in [0.2, 0.25) is 0 Å². The fraction of sp³-hybridized carbons (Fsp3) is 0.333. The van der Waals surface area contributed by atoms with Crippen molar-refractivity contribution in [2.24, 2.45) is 0 Å². The summed E-state index contributed by atoms with van der Waals surface area (Å²) in [6.07, 6.45) is -1.10. The SMILES string of the molecule is Cc1ccc2c(C)c(CCC(=O)OC(C)C(=O)N3c4ccccc4NC(=O)C3(C)C)c(=O)oc2c1. The van der Waals surface area contributed by atoms with Crippen LogP contribution in [0, 0.1) is 13.8 Å². The average Bonchev–Trinajstić information content (AvgIpc) is 2.79. The maximum absolute atomic E-state index is 13.3. The van der Waals surface area contributed by atoms with Crippen LogP contribution >= 0.6 is 0 Å². The van der Waals surface area contributed by atoms with Crippen LogP contribution in [-0.4, -0.2) is 29.4 Å². The highest BCUT2D eigenvalue weighted by atomic mass is 16.5. The molecule has 1 aromatic heterocycles. The summed E-state index contributed by atoms with van der Waals surface area (Å²) in [4.78, 5) is 52.4. The third-order valence-corrected chi connectivity index (χ3v) is 6.41. The molecule has 8 nitrogen and oxygen atoms in total. The second kappa shape index (κ2) is 9.02. The summed E-state index contributed by atoms with van der Waals surface area (Å²) in [7, 11) is 0. The maximum Gasteiger partial charge on any atom is 0.339 e. The summed E-state index contributed by atoms with van der Waals surface area (Å²) in [6.45, 7) is 8.48. The number of para-hydroxylation sites is 2. The number of nitrogens with one attached hydrogen (secondary N) is 1. The van der Waals surface area contributed by atoms with Gasteiger partial charge in [-0.3, -0.25) is 19.3 Å². The minimum Gasteiger partial charge on any atom is -0.453 e. The van der Waals surface area contributed by atoms with Gasteiger partial charge in [0.2, 0.25) is 5.91 Å². The van der Waals surface area contributed by atoms with Crippen molar-refractivity contribution in [1.29, 1.82) is 0 Å². The molecule has 182 valence electrons. The van der Waals surface area contributed by atoms with Crippen LogP contribution < -0.4 is 15.8 Å². The van der Waals surface area contributed by atoms with Gasteiger partial charge in [0, 0.05) is 17.4 Å². The third-order valence-electron chi connectivity index (χ3n) is 6.41. The summed E-state index contributed by atoms with van der Waals surface area (Å²) in [5.74, 6) is -1.47. The third kappa shape index (κ3) is 4.43. The molecule has 1 aliphatic rings. The molecule has 0 radical (unpaired) electrons. The van der Waals surface area contributed by atoms with Crippen LogP contribution in [0.1, 0.15) is 43.9 Å². The zero-order valence-corrected chi connectivity index (χ0v) is 20.4. The second-order valence-corrected chi connectivity index (χ2v) is 9.33. The van der Waals surface area contributed by atoms with Crippen molar-refractivity contribution in [1.82, 2.24) is 0 Å². The van der Waals surface area contributed by atoms with Crippen molar-refractivity contribution in [3.8, 4) is 0 Å². The molecule has 0 aliphatic carbocycles. The van der Waals surface area contributed by atoms with Gasteiger partial charge in [0.25, 0.3) is 5.91 Å². The smallest absolute Gasteiger partial charge is 0.339 e. The molecule has 2 amide bonds. The van der Waals surface area contributed by atoms with E-state index in [2.05, 4.69) is 5.32 Å². The Bertz CT molecular complexity index is 1400. The fourth-order valence-electron chi connectivity index (χ4n) is 4.35. The van der Waals surface area contributed by atoms with E-state index >= 15 is 0 Å². The number of carbonyl (C=O) groups is 3. The first-order valence-electron chi connectivity index (χ1n) is 11.5. The fourth-order valence-corrected chi connectivity index (χ4v) is 4.35. The van der Waals surface area contributed by atoms with Crippen molar-refractivity contribution < 1.29 is 23.5 Å². The van der Waals surface area contributed by atoms with Crippen molar-refractivity contribution in [2.75, 3.05) is 10.2 Å². The van der Waals surface area contributed by atoms with Crippen LogP contribution in [0.25, 0.3) is 11.0 Å². The molecule has 8 heteroatoms. The number of carbonyl (C=O) groups excluding carboxylic acids is 3. The molecule has 1 aliphatic heterocycles. The zero-order chi connectivity index (χ0) is 25.5. The lowest BCUT2D eigenvalue weighted by molar-refractivity contribution is -0.154. The molecule has 0 spiro atoms. The lowest BCUT2D eigenvalue weighted by Crippen LogP contribution is -2.60. The molecular weight excluding hydrogens is 448 g/mol. The molecule has 2 aromatic carbocycles. The highest BCUT2D eigenvalue weighted by Gasteiger charge is 2.45. The average molecular weight is 477 g/mol. The summed E-state index contributed by atoms with van der Waals surface area (Å²) in [5, 5.41) is 3.61. The van der Waals surface area contributed by atoms with Gasteiger partial charge >= 0.3 is 11.6 Å². The van der Waals surface area contributed by atoms with E-state index < -0.39 is 29.1 Å². The van der Waals surface area contributed by atoms with E-state index in [4.69, 9.17) is 9.15 Å². The highest BCUT2D eigenvalue weighted by Crippen LogP contribution is 2.37. The van der Waals surface area contributed by atoms with E-state index in [-0.39, 0.29) is 18.7 Å². The molecule has 1 N–H and O–H groups in total. The molecule has 1 unspecified atom stereocenters. The molecule has 35 heavy (non-hydrogen) atoms. The number of amides is 2. The predicted octanol–water partition coefficient (Wildman–Crippen LogP) is 4.04. The van der Waals surface area contributed by atoms with Gasteiger partial charge in [-0.15, -0.1) is 0 Å². The predicted molar refractivity (Wildman–Crippen MR) is 132 cm³/mol. The zero-order valence-electron chi connectivity index (χ0n) is 20.4. The van der Waals surface area contributed by atoms with Crippen molar-refractivity contribution in [3.05, 3.63) is 69.6 Å². The Labute approximate surface area is 202 Å². The first kappa shape index (κ1) is 24.2. The molecule has 0 bridgehead atoms. The maximum atomic E-state index is 13.3. The van der Waals surface area contributed by atoms with Gasteiger partial charge in [-0.2, -0.15) is 0 Å². The van der Waals surface area contributed by atoms with Crippen molar-refractivity contribution in [3.63, 3.8) is 0 Å². The number of nitrogens with zero attached hydrogens (tertiary/aromatic N) is 1. The Balaban J connectivity index is 1.48. The summed E-state index contributed by atoms with van der Waals surface area (Å²) >= 11 is 0. The standard InChI is InChI=1S/C27H28N2O6/c1-15-10-11-18-16(2)19(25(32)35-22(18)14-15)12-13-23(30)34-17(3)24(31)29-21-9-7-6-8-20(21)28-26(33)27(29,4)5/h6-11,14,17H,12-13H2,1-5H3,(H,28,33). The number of rotatable bonds is 5. The Morgan fingerprint density at radius 2 is 1.83 bits per heavy atom. The Kier molecular flexibility index (Phi) is 6.23. The number of hydrogen-bond donors (Lipinski definition) is 1. The van der Waals surface area contributed by atoms with Gasteiger partial charge in [0.05, 0.1) is 11.4 Å². The van der Waals surface area contributed by atoms with Crippen LogP contribution in [0.5, 0.6) is 0 Å². The summed E-state index contributed by atoms with van der Waals surface area (Å²) in [6, 6.07) is 12.6. The van der Waals surface area contributed by atoms with Crippen LogP contribution in [0.4, 0.5) is 11.4 Å². The van der Waals surface area contributed by atoms with Gasteiger partial charge < -0.3 is 14.5 Å². The van der Waals surface area contributed by atoms with E-state index in [1.54, 1.807) is 44.2 Å². The lowest BCUT2D eigenvalue weighted by Gasteiger charge is -2.42. The summed E-state index contributed by atoms with van der Waals surface area (Å²) < 4.78 is 10.9. The summed E-state index contributed by atoms with van der Waals surface area (Å²) in [5.41, 5.74) is 2.02. The number of esters is 1. The molecular formula is C27H28N2O6. The van der Waals surface area contributed by atoms with E-state index in [1.165, 1.54) is 11.8 Å². The topological polar surface area (TPSA) is 106 Å². The second-order valence-electron chi connectivity index (χ2n) is 9.33. The largest absolute Gasteiger partial charge is 0.453 e. The number of benzene rings is 2. The van der Waals surface area contributed by atoms with Crippen LogP contribution in [0.3, 0.4) is 0 Å². The monoisotopic (exact) mass is 476 g/mol. The van der Waals surface area contributed by atoms with Gasteiger partial charge in [-0.05, 0) is 70.4 Å². The van der Waals surface area contributed by atoms with Gasteiger partial charge in [0.15, 0.2) is 6.10 Å². The lowest BCUT2D eigenvalue weighted by atomic mass is 9.95. The van der Waals surface area contributed by atoms with Gasteiger partial charge in [0.1, 0.15) is 11.1 Å². The first-order valence-corrected chi connectivity index (χ1v) is 11.5. The molecule has 4 rings (SSSR count). The Hall–Kier alpha value is -3.94. The van der Waals surface area contributed by atoms with Crippen molar-refractivity contribution >= 4 is 40.1 Å². The number of hydrogen-bond acceptors (Lipinski definition) is 6. The molecule has 1 atom stereocenters. The Morgan fingerprint density at radius 3 is 2.57 bits per heavy atom. The van der Waals surface area contributed by atoms with Gasteiger partial charge in [-0.25, -0.2) is 4.79 Å². The quantitative estimate of drug-likeness (QED) is 0.440. The van der Waals surface area contributed by atoms with E-state index in [9.17, 15) is 19.2 Å². The van der Waals surface area contributed by atoms with Gasteiger partial charge in [-0.1, -0.05) is 24.3 Å². The van der Waals surface area contributed by atoms with Crippen LogP contribution in [0.15, 0.2) is 51.7 Å². The minimum atomic E-state index is -1.17. The normalized spacial score (nSPS) is 15.3. The first-order chi connectivity index (χ1) is 16.5. The Morgan fingerprint density at radius 1 is 1.11 bits per heavy atom. The molecule has 3 aromatic rings. The number of fused-ring (bicyclic) bond motifs is 2. The molecule has 0 saturated heterocycles. The van der Waals surface area contributed by atoms with Crippen molar-refractivity contribution in [2.45, 2.75) is 59.1 Å². The van der Waals surface area contributed by atoms with E-state index in [0.29, 0.717) is 22.5 Å². The molecule has 2 heterocycles. The number of anilines is 2. The number of ether oxygens (including phenoxy) is 1. The highest BCUT2D eigenvalue weighted by molar-refractivity contribution is 6.15. The molecule has 0 saturated carbocycles.